The fourth-order valence-electron chi connectivity index (χ4n) is 2.29. The Morgan fingerprint density at radius 2 is 2.05 bits per heavy atom. The average Bonchev–Trinajstić information content (AvgIpc) is 2.69. The standard InChI is InChI=1S/C15H12BrFN2O/c1-8-2-4-12-10(6-8)14(15(20)19-12)18-13-5-3-9(17)7-11(13)16/h2-7,14,18H,1H3,(H,19,20). The van der Waals surface area contributed by atoms with Gasteiger partial charge in [0.2, 0.25) is 0 Å². The first-order valence-electron chi connectivity index (χ1n) is 6.17. The summed E-state index contributed by atoms with van der Waals surface area (Å²) in [5, 5.41) is 5.98. The third kappa shape index (κ3) is 2.29. The van der Waals surface area contributed by atoms with Gasteiger partial charge in [-0.1, -0.05) is 17.7 Å². The molecule has 1 amide bonds. The van der Waals surface area contributed by atoms with Crippen LogP contribution in [0.25, 0.3) is 0 Å². The first-order chi connectivity index (χ1) is 9.54. The highest BCUT2D eigenvalue weighted by atomic mass is 79.9. The predicted molar refractivity (Wildman–Crippen MR) is 80.3 cm³/mol. The van der Waals surface area contributed by atoms with Crippen LogP contribution in [0.2, 0.25) is 0 Å². The van der Waals surface area contributed by atoms with Gasteiger partial charge in [-0.2, -0.15) is 0 Å². The number of amides is 1. The molecule has 0 bridgehead atoms. The smallest absolute Gasteiger partial charge is 0.251 e. The van der Waals surface area contributed by atoms with Gasteiger partial charge in [0.25, 0.3) is 5.91 Å². The zero-order valence-corrected chi connectivity index (χ0v) is 12.3. The molecule has 0 aliphatic carbocycles. The monoisotopic (exact) mass is 334 g/mol. The molecule has 3 nitrogen and oxygen atoms in total. The number of aryl methyl sites for hydroxylation is 1. The van der Waals surface area contributed by atoms with Crippen molar-refractivity contribution >= 4 is 33.2 Å². The molecule has 5 heteroatoms. The number of nitrogens with one attached hydrogen (secondary N) is 2. The molecule has 2 aromatic rings. The summed E-state index contributed by atoms with van der Waals surface area (Å²) < 4.78 is 13.7. The molecule has 1 heterocycles. The van der Waals surface area contributed by atoms with E-state index < -0.39 is 6.04 Å². The molecule has 1 unspecified atom stereocenters. The maximum atomic E-state index is 13.1. The lowest BCUT2D eigenvalue weighted by atomic mass is 10.1. The van der Waals surface area contributed by atoms with E-state index in [1.807, 2.05) is 25.1 Å². The normalized spacial score (nSPS) is 16.8. The molecule has 0 fully saturated rings. The Bertz CT molecular complexity index is 702. The molecular formula is C15H12BrFN2O. The third-order valence-corrected chi connectivity index (χ3v) is 3.93. The summed E-state index contributed by atoms with van der Waals surface area (Å²) in [5.41, 5.74) is 3.49. The van der Waals surface area contributed by atoms with Gasteiger partial charge in [0, 0.05) is 21.4 Å². The summed E-state index contributed by atoms with van der Waals surface area (Å²) in [5.74, 6) is -0.434. The number of carbonyl (C=O) groups is 1. The predicted octanol–water partition coefficient (Wildman–Crippen LogP) is 4.00. The fraction of sp³-hybridized carbons (Fsp3) is 0.133. The van der Waals surface area contributed by atoms with E-state index >= 15 is 0 Å². The summed E-state index contributed by atoms with van der Waals surface area (Å²) in [4.78, 5) is 12.1. The quantitative estimate of drug-likeness (QED) is 0.871. The highest BCUT2D eigenvalue weighted by Gasteiger charge is 2.30. The second kappa shape index (κ2) is 4.90. The van der Waals surface area contributed by atoms with E-state index in [4.69, 9.17) is 0 Å². The number of halogens is 2. The first-order valence-corrected chi connectivity index (χ1v) is 6.97. The number of rotatable bonds is 2. The molecule has 0 saturated carbocycles. The molecule has 20 heavy (non-hydrogen) atoms. The summed E-state index contributed by atoms with van der Waals surface area (Å²) in [6, 6.07) is 9.69. The van der Waals surface area contributed by atoms with Crippen molar-refractivity contribution < 1.29 is 9.18 Å². The van der Waals surface area contributed by atoms with E-state index in [1.54, 1.807) is 6.07 Å². The van der Waals surface area contributed by atoms with Crippen molar-refractivity contribution in [3.05, 3.63) is 57.8 Å². The van der Waals surface area contributed by atoms with Crippen LogP contribution < -0.4 is 10.6 Å². The average molecular weight is 335 g/mol. The van der Waals surface area contributed by atoms with Gasteiger partial charge in [-0.3, -0.25) is 4.79 Å². The van der Waals surface area contributed by atoms with Crippen LogP contribution in [-0.4, -0.2) is 5.91 Å². The molecular weight excluding hydrogens is 323 g/mol. The summed E-state index contributed by atoms with van der Waals surface area (Å²) >= 11 is 3.29. The molecule has 2 N–H and O–H groups in total. The highest BCUT2D eigenvalue weighted by molar-refractivity contribution is 9.10. The Kier molecular flexibility index (Phi) is 3.22. The molecule has 1 atom stereocenters. The van der Waals surface area contributed by atoms with E-state index in [9.17, 15) is 9.18 Å². The van der Waals surface area contributed by atoms with Crippen LogP contribution >= 0.6 is 15.9 Å². The van der Waals surface area contributed by atoms with Gasteiger partial charge in [0.1, 0.15) is 11.9 Å². The van der Waals surface area contributed by atoms with Crippen molar-refractivity contribution in [2.45, 2.75) is 13.0 Å². The minimum atomic E-state index is -0.466. The molecule has 1 aliphatic rings. The lowest BCUT2D eigenvalue weighted by Gasteiger charge is -2.14. The number of hydrogen-bond acceptors (Lipinski definition) is 2. The Morgan fingerprint density at radius 1 is 1.25 bits per heavy atom. The van der Waals surface area contributed by atoms with Crippen molar-refractivity contribution in [1.29, 1.82) is 0 Å². The van der Waals surface area contributed by atoms with E-state index in [0.29, 0.717) is 10.2 Å². The third-order valence-electron chi connectivity index (χ3n) is 3.27. The van der Waals surface area contributed by atoms with Crippen LogP contribution in [0, 0.1) is 12.7 Å². The first kappa shape index (κ1) is 13.1. The zero-order valence-electron chi connectivity index (χ0n) is 10.7. The minimum absolute atomic E-state index is 0.109. The molecule has 1 aliphatic heterocycles. The maximum Gasteiger partial charge on any atom is 0.251 e. The Balaban J connectivity index is 1.95. The number of fused-ring (bicyclic) bond motifs is 1. The highest BCUT2D eigenvalue weighted by Crippen LogP contribution is 2.35. The molecule has 0 spiro atoms. The van der Waals surface area contributed by atoms with Crippen LogP contribution in [0.4, 0.5) is 15.8 Å². The van der Waals surface area contributed by atoms with E-state index in [2.05, 4.69) is 26.6 Å². The minimum Gasteiger partial charge on any atom is -0.369 e. The SMILES string of the molecule is Cc1ccc2c(c1)C(Nc1ccc(F)cc1Br)C(=O)N2. The molecule has 2 aromatic carbocycles. The van der Waals surface area contributed by atoms with Gasteiger partial charge in [-0.15, -0.1) is 0 Å². The molecule has 0 aromatic heterocycles. The Hall–Kier alpha value is -1.88. The lowest BCUT2D eigenvalue weighted by Crippen LogP contribution is -2.19. The van der Waals surface area contributed by atoms with Crippen LogP contribution in [0.1, 0.15) is 17.2 Å². The molecule has 0 radical (unpaired) electrons. The van der Waals surface area contributed by atoms with E-state index in [-0.39, 0.29) is 11.7 Å². The fourth-order valence-corrected chi connectivity index (χ4v) is 2.75. The second-order valence-corrected chi connectivity index (χ2v) is 5.64. The summed E-state index contributed by atoms with van der Waals surface area (Å²) in [6.07, 6.45) is 0. The van der Waals surface area contributed by atoms with Gasteiger partial charge in [0.05, 0.1) is 0 Å². The van der Waals surface area contributed by atoms with Gasteiger partial charge < -0.3 is 10.6 Å². The summed E-state index contributed by atoms with van der Waals surface area (Å²) in [6.45, 7) is 1.98. The second-order valence-electron chi connectivity index (χ2n) is 4.78. The molecule has 0 saturated heterocycles. The van der Waals surface area contributed by atoms with E-state index in [1.165, 1.54) is 12.1 Å². The van der Waals surface area contributed by atoms with Crippen molar-refractivity contribution in [2.75, 3.05) is 10.6 Å². The van der Waals surface area contributed by atoms with Crippen LogP contribution in [0.3, 0.4) is 0 Å². The largest absolute Gasteiger partial charge is 0.369 e. The van der Waals surface area contributed by atoms with Crippen LogP contribution in [-0.2, 0) is 4.79 Å². The molecule has 3 rings (SSSR count). The van der Waals surface area contributed by atoms with Crippen LogP contribution in [0.5, 0.6) is 0 Å². The topological polar surface area (TPSA) is 41.1 Å². The maximum absolute atomic E-state index is 13.1. The van der Waals surface area contributed by atoms with Crippen molar-refractivity contribution in [1.82, 2.24) is 0 Å². The van der Waals surface area contributed by atoms with Gasteiger partial charge >= 0.3 is 0 Å². The number of anilines is 2. The van der Waals surface area contributed by atoms with Gasteiger partial charge in [-0.05, 0) is 47.1 Å². The van der Waals surface area contributed by atoms with Gasteiger partial charge in [0.15, 0.2) is 0 Å². The zero-order chi connectivity index (χ0) is 14.3. The lowest BCUT2D eigenvalue weighted by molar-refractivity contribution is -0.116. The number of carbonyl (C=O) groups excluding carboxylic acids is 1. The number of benzene rings is 2. The van der Waals surface area contributed by atoms with E-state index in [0.717, 1.165) is 16.8 Å². The summed E-state index contributed by atoms with van der Waals surface area (Å²) in [7, 11) is 0. The van der Waals surface area contributed by atoms with Crippen LogP contribution in [0.15, 0.2) is 40.9 Å². The van der Waals surface area contributed by atoms with Crippen molar-refractivity contribution in [3.63, 3.8) is 0 Å². The molecule has 102 valence electrons. The number of hydrogen-bond donors (Lipinski definition) is 2. The van der Waals surface area contributed by atoms with Gasteiger partial charge in [-0.25, -0.2) is 4.39 Å². The van der Waals surface area contributed by atoms with Crippen molar-refractivity contribution in [3.8, 4) is 0 Å². The Labute approximate surface area is 124 Å². The van der Waals surface area contributed by atoms with Crippen molar-refractivity contribution in [2.24, 2.45) is 0 Å². The Morgan fingerprint density at radius 3 is 2.80 bits per heavy atom.